The number of para-hydroxylation sites is 1. The first-order valence-electron chi connectivity index (χ1n) is 10.4. The van der Waals surface area contributed by atoms with Crippen molar-refractivity contribution in [2.24, 2.45) is 5.92 Å². The van der Waals surface area contributed by atoms with Crippen LogP contribution in [-0.2, 0) is 21.7 Å². The summed E-state index contributed by atoms with van der Waals surface area (Å²) in [6.45, 7) is 5.28. The number of benzene rings is 1. The number of rotatable bonds is 3. The largest absolute Gasteiger partial charge is 0.352 e. The van der Waals surface area contributed by atoms with Crippen LogP contribution in [0.5, 0.6) is 0 Å². The molecule has 2 aromatic rings. The van der Waals surface area contributed by atoms with Crippen LogP contribution in [0.25, 0.3) is 0 Å². The molecule has 6 heteroatoms. The fourth-order valence-corrected chi connectivity index (χ4v) is 5.60. The topological polar surface area (TPSA) is 74.3 Å². The van der Waals surface area contributed by atoms with E-state index in [9.17, 15) is 9.59 Å². The number of amides is 2. The summed E-state index contributed by atoms with van der Waals surface area (Å²) in [5.74, 6) is -0.502. The van der Waals surface area contributed by atoms with Gasteiger partial charge in [-0.05, 0) is 62.9 Å². The summed E-state index contributed by atoms with van der Waals surface area (Å²) in [4.78, 5) is 33.4. The van der Waals surface area contributed by atoms with Gasteiger partial charge in [-0.3, -0.25) is 19.5 Å². The molecule has 4 heterocycles. The first kappa shape index (κ1) is 18.3. The number of nitrogens with zero attached hydrogens (tertiary/aromatic N) is 2. The number of fused-ring (bicyclic) bond motifs is 4. The van der Waals surface area contributed by atoms with Gasteiger partial charge >= 0.3 is 0 Å². The first-order chi connectivity index (χ1) is 14.0. The second-order valence-corrected chi connectivity index (χ2v) is 8.51. The van der Waals surface area contributed by atoms with Gasteiger partial charge < -0.3 is 10.6 Å². The van der Waals surface area contributed by atoms with E-state index in [-0.39, 0.29) is 17.9 Å². The van der Waals surface area contributed by atoms with Crippen LogP contribution in [0.15, 0.2) is 36.5 Å². The molecule has 2 amide bonds. The van der Waals surface area contributed by atoms with Gasteiger partial charge in [0.1, 0.15) is 5.54 Å². The van der Waals surface area contributed by atoms with E-state index < -0.39 is 11.5 Å². The van der Waals surface area contributed by atoms with Gasteiger partial charge in [0.25, 0.3) is 0 Å². The molecule has 6 nitrogen and oxygen atoms in total. The molecule has 3 atom stereocenters. The highest BCUT2D eigenvalue weighted by atomic mass is 16.2. The third kappa shape index (κ3) is 2.62. The maximum Gasteiger partial charge on any atom is 0.250 e. The van der Waals surface area contributed by atoms with Crippen LogP contribution < -0.4 is 10.6 Å². The normalized spacial score (nSPS) is 27.7. The molecule has 0 aliphatic carbocycles. The van der Waals surface area contributed by atoms with Gasteiger partial charge in [-0.25, -0.2) is 0 Å². The van der Waals surface area contributed by atoms with Crippen molar-refractivity contribution in [2.75, 3.05) is 11.9 Å². The number of pyridine rings is 1. The van der Waals surface area contributed by atoms with Crippen LogP contribution in [0.3, 0.4) is 0 Å². The molecule has 0 saturated carbocycles. The highest BCUT2D eigenvalue weighted by Crippen LogP contribution is 2.55. The fourth-order valence-electron chi connectivity index (χ4n) is 5.60. The van der Waals surface area contributed by atoms with Crippen molar-refractivity contribution in [1.29, 1.82) is 0 Å². The Morgan fingerprint density at radius 3 is 3.00 bits per heavy atom. The molecular weight excluding hydrogens is 364 g/mol. The Kier molecular flexibility index (Phi) is 4.21. The summed E-state index contributed by atoms with van der Waals surface area (Å²) in [7, 11) is 0. The summed E-state index contributed by atoms with van der Waals surface area (Å²) in [5, 5.41) is 6.15. The third-order valence-corrected chi connectivity index (χ3v) is 6.90. The lowest BCUT2D eigenvalue weighted by molar-refractivity contribution is -0.137. The Labute approximate surface area is 170 Å². The lowest BCUT2D eigenvalue weighted by Crippen LogP contribution is -2.54. The van der Waals surface area contributed by atoms with Gasteiger partial charge in [0.2, 0.25) is 11.8 Å². The number of aromatic nitrogens is 1. The second kappa shape index (κ2) is 6.66. The Morgan fingerprint density at radius 2 is 2.17 bits per heavy atom. The van der Waals surface area contributed by atoms with Gasteiger partial charge in [0.05, 0.1) is 5.92 Å². The molecule has 3 aliphatic rings. The van der Waals surface area contributed by atoms with Gasteiger partial charge in [-0.2, -0.15) is 0 Å². The number of hydrogen-bond donors (Lipinski definition) is 2. The van der Waals surface area contributed by atoms with E-state index in [1.54, 1.807) is 0 Å². The quantitative estimate of drug-likeness (QED) is 0.845. The molecule has 150 valence electrons. The average molecular weight is 390 g/mol. The third-order valence-electron chi connectivity index (χ3n) is 6.90. The van der Waals surface area contributed by atoms with Crippen LogP contribution >= 0.6 is 0 Å². The first-order valence-corrected chi connectivity index (χ1v) is 10.4. The van der Waals surface area contributed by atoms with Crippen LogP contribution in [0, 0.1) is 19.8 Å². The van der Waals surface area contributed by atoms with Gasteiger partial charge in [-0.15, -0.1) is 0 Å². The fraction of sp³-hybridized carbons (Fsp3) is 0.435. The standard InChI is InChI=1S/C23H26N4O2/c1-14-10-15(2)24-12-16(14)13-25-21(28)19-11-17-6-5-9-27(17)23(19)18-7-3-4-8-20(18)26-22(23)29/h3-4,7-8,10,12,17,19H,5-6,9,11,13H2,1-2H3,(H,25,28)(H,26,29)/t17-,19-,23+/m1/s1. The lowest BCUT2D eigenvalue weighted by atomic mass is 9.78. The van der Waals surface area contributed by atoms with Crippen LogP contribution in [0.2, 0.25) is 0 Å². The second-order valence-electron chi connectivity index (χ2n) is 8.51. The van der Waals surface area contributed by atoms with Crippen molar-refractivity contribution < 1.29 is 9.59 Å². The number of carbonyl (C=O) groups is 2. The number of anilines is 1. The van der Waals surface area contributed by atoms with Crippen molar-refractivity contribution in [3.05, 3.63) is 58.9 Å². The minimum Gasteiger partial charge on any atom is -0.352 e. The smallest absolute Gasteiger partial charge is 0.250 e. The highest BCUT2D eigenvalue weighted by Gasteiger charge is 2.65. The van der Waals surface area contributed by atoms with E-state index >= 15 is 0 Å². The average Bonchev–Trinajstić information content (AvgIpc) is 3.35. The minimum atomic E-state index is -0.886. The molecule has 5 rings (SSSR count). The van der Waals surface area contributed by atoms with Gasteiger partial charge in [-0.1, -0.05) is 18.2 Å². The van der Waals surface area contributed by atoms with E-state index in [0.717, 1.165) is 53.9 Å². The van der Waals surface area contributed by atoms with Crippen LogP contribution in [0.4, 0.5) is 5.69 Å². The van der Waals surface area contributed by atoms with Crippen molar-refractivity contribution in [3.8, 4) is 0 Å². The maximum absolute atomic E-state index is 13.4. The monoisotopic (exact) mass is 390 g/mol. The Balaban J connectivity index is 1.47. The SMILES string of the molecule is Cc1cc(C)c(CNC(=O)[C@H]2C[C@H]3CCCN3[C@]23C(=O)Nc2ccccc23)cn1. The molecule has 2 saturated heterocycles. The minimum absolute atomic E-state index is 0.0498. The van der Waals surface area contributed by atoms with Crippen molar-refractivity contribution in [1.82, 2.24) is 15.2 Å². The molecule has 1 aromatic carbocycles. The van der Waals surface area contributed by atoms with Crippen molar-refractivity contribution in [3.63, 3.8) is 0 Å². The van der Waals surface area contributed by atoms with Gasteiger partial charge in [0, 0.05) is 35.7 Å². The molecule has 3 aliphatic heterocycles. The molecule has 1 spiro atoms. The zero-order chi connectivity index (χ0) is 20.2. The molecule has 0 bridgehead atoms. The van der Waals surface area contributed by atoms with Crippen molar-refractivity contribution in [2.45, 2.75) is 51.2 Å². The van der Waals surface area contributed by atoms with Crippen molar-refractivity contribution >= 4 is 17.5 Å². The molecule has 2 fully saturated rings. The summed E-state index contributed by atoms with van der Waals surface area (Å²) >= 11 is 0. The zero-order valence-corrected chi connectivity index (χ0v) is 16.9. The van der Waals surface area contributed by atoms with Crippen LogP contribution in [0.1, 0.15) is 41.6 Å². The summed E-state index contributed by atoms with van der Waals surface area (Å²) in [6, 6.07) is 10.1. The molecular formula is C23H26N4O2. The summed E-state index contributed by atoms with van der Waals surface area (Å²) in [5.41, 5.74) is 3.98. The summed E-state index contributed by atoms with van der Waals surface area (Å²) < 4.78 is 0. The summed E-state index contributed by atoms with van der Waals surface area (Å²) in [6.07, 6.45) is 4.66. The Bertz CT molecular complexity index is 1000. The maximum atomic E-state index is 13.4. The number of carbonyl (C=O) groups excluding carboxylic acids is 2. The van der Waals surface area contributed by atoms with E-state index in [1.807, 2.05) is 50.4 Å². The molecule has 1 aromatic heterocycles. The van der Waals surface area contributed by atoms with E-state index in [2.05, 4.69) is 20.5 Å². The zero-order valence-electron chi connectivity index (χ0n) is 16.9. The predicted octanol–water partition coefficient (Wildman–Crippen LogP) is 2.65. The van der Waals surface area contributed by atoms with E-state index in [0.29, 0.717) is 6.54 Å². The lowest BCUT2D eigenvalue weighted by Gasteiger charge is -2.36. The molecule has 0 radical (unpaired) electrons. The number of hydrogen-bond acceptors (Lipinski definition) is 4. The number of nitrogens with one attached hydrogen (secondary N) is 2. The number of aryl methyl sites for hydroxylation is 2. The van der Waals surface area contributed by atoms with Gasteiger partial charge in [0.15, 0.2) is 0 Å². The predicted molar refractivity (Wildman–Crippen MR) is 110 cm³/mol. The van der Waals surface area contributed by atoms with E-state index in [4.69, 9.17) is 0 Å². The van der Waals surface area contributed by atoms with E-state index in [1.165, 1.54) is 0 Å². The van der Waals surface area contributed by atoms with Crippen LogP contribution in [-0.4, -0.2) is 34.3 Å². The molecule has 29 heavy (non-hydrogen) atoms. The molecule has 2 N–H and O–H groups in total. The Morgan fingerprint density at radius 1 is 1.34 bits per heavy atom. The highest BCUT2D eigenvalue weighted by molar-refractivity contribution is 6.09. The Hall–Kier alpha value is -2.73. The molecule has 0 unspecified atom stereocenters.